The van der Waals surface area contributed by atoms with Gasteiger partial charge in [-0.05, 0) is 134 Å². The summed E-state index contributed by atoms with van der Waals surface area (Å²) < 4.78 is 11.9. The third-order valence-electron chi connectivity index (χ3n) is 8.52. The molecule has 0 aliphatic rings. The number of rotatable bonds is 21. The summed E-state index contributed by atoms with van der Waals surface area (Å²) in [5.74, 6) is 1.94. The Bertz CT molecular complexity index is 1840. The average Bonchev–Trinajstić information content (AvgIpc) is 3.96. The van der Waals surface area contributed by atoms with Crippen molar-refractivity contribution in [2.75, 3.05) is 24.1 Å². The van der Waals surface area contributed by atoms with Crippen molar-refractivity contribution in [3.8, 4) is 11.5 Å². The number of unbranched alkanes of at least 4 members (excludes halogenated alkanes) is 3. The molecule has 0 bridgehead atoms. The third-order valence-corrected chi connectivity index (χ3v) is 10.4. The van der Waals surface area contributed by atoms with Crippen molar-refractivity contribution >= 4 is 45.6 Å². The molecule has 0 spiro atoms. The average molecular weight is 759 g/mol. The highest BCUT2D eigenvalue weighted by atomic mass is 32.1. The van der Waals surface area contributed by atoms with Crippen molar-refractivity contribution in [3.05, 3.63) is 177 Å². The summed E-state index contributed by atoms with van der Waals surface area (Å²) in [5.41, 5.74) is 16.4. The molecule has 6 rings (SSSR count). The molecule has 0 aliphatic heterocycles. The molecule has 0 aliphatic carbocycles. The molecule has 6 aromatic rings. The van der Waals surface area contributed by atoms with E-state index in [-0.39, 0.29) is 23.6 Å². The van der Waals surface area contributed by atoms with Gasteiger partial charge in [0.2, 0.25) is 0 Å². The van der Waals surface area contributed by atoms with E-state index < -0.39 is 0 Å². The number of thiophene rings is 2. The topological polar surface area (TPSA) is 107 Å². The van der Waals surface area contributed by atoms with Crippen molar-refractivity contribution in [3.63, 3.8) is 0 Å². The Balaban J connectivity index is 0.880. The van der Waals surface area contributed by atoms with Crippen molar-refractivity contribution in [2.45, 2.75) is 37.8 Å². The van der Waals surface area contributed by atoms with Gasteiger partial charge in [0.05, 0.1) is 25.3 Å². The number of anilines is 2. The van der Waals surface area contributed by atoms with Gasteiger partial charge in [0.25, 0.3) is 0 Å². The SMILES string of the molecule is O/C(=C\C(NNc1ccccc1)c1cccs1)c1ccc(OCCCCCCOc2ccc(/C(O)=C/C(NNc3ccccc3)c3cccs3)cc2)cc1. The minimum absolute atomic E-state index is 0.193. The molecule has 278 valence electrons. The fourth-order valence-electron chi connectivity index (χ4n) is 5.58. The molecule has 2 aromatic heterocycles. The second-order valence-electron chi connectivity index (χ2n) is 12.5. The minimum atomic E-state index is -0.212. The number of hydrazine groups is 2. The zero-order chi connectivity index (χ0) is 37.2. The van der Waals surface area contributed by atoms with Gasteiger partial charge in [-0.3, -0.25) is 0 Å². The molecule has 6 N–H and O–H groups in total. The van der Waals surface area contributed by atoms with Gasteiger partial charge >= 0.3 is 0 Å². The number of hydrogen-bond acceptors (Lipinski definition) is 10. The Morgan fingerprint density at radius 1 is 0.500 bits per heavy atom. The van der Waals surface area contributed by atoms with Crippen LogP contribution >= 0.6 is 22.7 Å². The predicted molar refractivity (Wildman–Crippen MR) is 224 cm³/mol. The van der Waals surface area contributed by atoms with Crippen LogP contribution in [0, 0.1) is 0 Å². The molecule has 0 saturated carbocycles. The summed E-state index contributed by atoms with van der Waals surface area (Å²) in [6, 6.07) is 42.5. The van der Waals surface area contributed by atoms with Gasteiger partial charge in [0.15, 0.2) is 0 Å². The van der Waals surface area contributed by atoms with Crippen LogP contribution in [-0.2, 0) is 0 Å². The van der Waals surface area contributed by atoms with Gasteiger partial charge in [0.1, 0.15) is 23.0 Å². The fraction of sp³-hybridized carbons (Fsp3) is 0.182. The van der Waals surface area contributed by atoms with E-state index in [0.717, 1.165) is 69.4 Å². The molecule has 2 unspecified atom stereocenters. The van der Waals surface area contributed by atoms with E-state index in [1.165, 1.54) is 0 Å². The van der Waals surface area contributed by atoms with Crippen molar-refractivity contribution in [1.29, 1.82) is 0 Å². The largest absolute Gasteiger partial charge is 0.508 e. The second-order valence-corrected chi connectivity index (χ2v) is 14.5. The minimum Gasteiger partial charge on any atom is -0.508 e. The summed E-state index contributed by atoms with van der Waals surface area (Å²) in [7, 11) is 0. The quantitative estimate of drug-likeness (QED) is 0.0245. The summed E-state index contributed by atoms with van der Waals surface area (Å²) in [4.78, 5) is 2.17. The standard InChI is InChI=1S/C44H46N4O4S2/c49-41(31-39(43-17-11-29-53-43)47-45-35-13-5-3-6-14-35)33-19-23-37(24-20-33)51-27-9-1-2-10-28-52-38-25-21-34(22-26-38)42(50)32-40(44-18-12-30-54-44)48-46-36-15-7-4-8-16-36/h3-8,11-26,29-32,39-40,45-50H,1-2,9-10,27-28H2/b41-31-,42-32-. The first kappa shape index (κ1) is 38.2. The van der Waals surface area contributed by atoms with E-state index >= 15 is 0 Å². The van der Waals surface area contributed by atoms with Crippen LogP contribution in [0.4, 0.5) is 11.4 Å². The lowest BCUT2D eigenvalue weighted by Gasteiger charge is -2.16. The summed E-state index contributed by atoms with van der Waals surface area (Å²) >= 11 is 3.25. The van der Waals surface area contributed by atoms with E-state index in [4.69, 9.17) is 9.47 Å². The lowest BCUT2D eigenvalue weighted by atomic mass is 10.1. The second kappa shape index (κ2) is 20.6. The third kappa shape index (κ3) is 12.0. The monoisotopic (exact) mass is 758 g/mol. The van der Waals surface area contributed by atoms with Gasteiger partial charge in [-0.1, -0.05) is 48.5 Å². The Hall–Kier alpha value is -5.52. The fourth-order valence-corrected chi connectivity index (χ4v) is 7.07. The summed E-state index contributed by atoms with van der Waals surface area (Å²) in [5, 5.41) is 25.9. The maximum Gasteiger partial charge on any atom is 0.120 e. The Morgan fingerprint density at radius 3 is 1.28 bits per heavy atom. The normalized spacial score (nSPS) is 12.9. The number of aliphatic hydroxyl groups is 2. The number of para-hydroxylation sites is 2. The molecule has 2 atom stereocenters. The number of aliphatic hydroxyl groups excluding tert-OH is 2. The zero-order valence-corrected chi connectivity index (χ0v) is 31.6. The first-order valence-corrected chi connectivity index (χ1v) is 19.8. The molecule has 0 radical (unpaired) electrons. The zero-order valence-electron chi connectivity index (χ0n) is 29.9. The Morgan fingerprint density at radius 2 is 0.907 bits per heavy atom. The highest BCUT2D eigenvalue weighted by molar-refractivity contribution is 7.10. The first-order chi connectivity index (χ1) is 26.6. The van der Waals surface area contributed by atoms with Gasteiger partial charge in [-0.2, -0.15) is 0 Å². The molecule has 0 saturated heterocycles. The van der Waals surface area contributed by atoms with Crippen molar-refractivity contribution in [1.82, 2.24) is 10.9 Å². The first-order valence-electron chi connectivity index (χ1n) is 18.1. The maximum absolute atomic E-state index is 10.9. The number of nitrogens with one attached hydrogen (secondary N) is 4. The molecular weight excluding hydrogens is 713 g/mol. The predicted octanol–water partition coefficient (Wildman–Crippen LogP) is 11.3. The molecule has 54 heavy (non-hydrogen) atoms. The van der Waals surface area contributed by atoms with Crippen LogP contribution < -0.4 is 31.2 Å². The van der Waals surface area contributed by atoms with Crippen LogP contribution in [0.3, 0.4) is 0 Å². The smallest absolute Gasteiger partial charge is 0.120 e. The van der Waals surface area contributed by atoms with Crippen LogP contribution in [0.1, 0.15) is 58.6 Å². The van der Waals surface area contributed by atoms with E-state index in [1.54, 1.807) is 22.7 Å². The van der Waals surface area contributed by atoms with Crippen LogP contribution in [-0.4, -0.2) is 23.4 Å². The van der Waals surface area contributed by atoms with Gasteiger partial charge < -0.3 is 30.5 Å². The summed E-state index contributed by atoms with van der Waals surface area (Å²) in [6.45, 7) is 1.25. The number of hydrogen-bond donors (Lipinski definition) is 6. The van der Waals surface area contributed by atoms with E-state index in [2.05, 4.69) is 21.7 Å². The molecule has 0 amide bonds. The number of benzene rings is 4. The molecule has 4 aromatic carbocycles. The van der Waals surface area contributed by atoms with Crippen LogP contribution in [0.25, 0.3) is 11.5 Å². The van der Waals surface area contributed by atoms with Gasteiger partial charge in [-0.15, -0.1) is 22.7 Å². The highest BCUT2D eigenvalue weighted by Gasteiger charge is 2.14. The van der Waals surface area contributed by atoms with Crippen molar-refractivity contribution in [2.24, 2.45) is 0 Å². The molecular formula is C44H46N4O4S2. The Kier molecular flexibility index (Phi) is 14.6. The maximum atomic E-state index is 10.9. The Labute approximate surface area is 325 Å². The van der Waals surface area contributed by atoms with Crippen LogP contribution in [0.15, 0.2) is 156 Å². The highest BCUT2D eigenvalue weighted by Crippen LogP contribution is 2.27. The summed E-state index contributed by atoms with van der Waals surface area (Å²) in [6.07, 6.45) is 7.58. The van der Waals surface area contributed by atoms with E-state index in [9.17, 15) is 10.2 Å². The van der Waals surface area contributed by atoms with Crippen molar-refractivity contribution < 1.29 is 19.7 Å². The number of ether oxygens (including phenoxy) is 2. The van der Waals surface area contributed by atoms with E-state index in [1.807, 2.05) is 156 Å². The molecule has 10 heteroatoms. The van der Waals surface area contributed by atoms with Gasteiger partial charge in [-0.25, -0.2) is 10.9 Å². The van der Waals surface area contributed by atoms with Crippen LogP contribution in [0.5, 0.6) is 11.5 Å². The molecule has 8 nitrogen and oxygen atoms in total. The lowest BCUT2D eigenvalue weighted by molar-refractivity contribution is 0.287. The van der Waals surface area contributed by atoms with Gasteiger partial charge in [0, 0.05) is 32.3 Å². The molecule has 2 heterocycles. The van der Waals surface area contributed by atoms with E-state index in [0.29, 0.717) is 13.2 Å². The van der Waals surface area contributed by atoms with Crippen LogP contribution in [0.2, 0.25) is 0 Å². The molecule has 0 fully saturated rings. The lowest BCUT2D eigenvalue weighted by Crippen LogP contribution is -2.25.